The van der Waals surface area contributed by atoms with E-state index in [1.807, 2.05) is 18.2 Å². The van der Waals surface area contributed by atoms with Crippen LogP contribution in [0.2, 0.25) is 0 Å². The van der Waals surface area contributed by atoms with Crippen molar-refractivity contribution < 1.29 is 9.53 Å². The van der Waals surface area contributed by atoms with Gasteiger partial charge in [0.1, 0.15) is 11.4 Å². The van der Waals surface area contributed by atoms with Gasteiger partial charge in [0.25, 0.3) is 0 Å². The van der Waals surface area contributed by atoms with Crippen LogP contribution in [0.25, 0.3) is 0 Å². The number of Topliss-reactive ketones (excluding diaryl/α,β-unsaturated/α-hetero) is 1. The van der Waals surface area contributed by atoms with Crippen LogP contribution in [0.3, 0.4) is 0 Å². The molecular weight excluding hydrogens is 318 g/mol. The van der Waals surface area contributed by atoms with Gasteiger partial charge in [-0.25, -0.2) is 9.97 Å². The van der Waals surface area contributed by atoms with Crippen LogP contribution in [-0.2, 0) is 6.42 Å². The van der Waals surface area contributed by atoms with E-state index in [2.05, 4.69) is 14.9 Å². The zero-order valence-corrected chi connectivity index (χ0v) is 14.3. The van der Waals surface area contributed by atoms with E-state index >= 15 is 0 Å². The molecule has 0 amide bonds. The number of nitrogens with two attached hydrogens (primary N) is 2. The number of benzene rings is 1. The number of ketones is 1. The fourth-order valence-corrected chi connectivity index (χ4v) is 3.19. The number of carbonyl (C=O) groups is 1. The minimum atomic E-state index is -0.165. The molecule has 132 valence electrons. The van der Waals surface area contributed by atoms with Crippen molar-refractivity contribution in [3.05, 3.63) is 41.9 Å². The third-order valence-corrected chi connectivity index (χ3v) is 4.43. The van der Waals surface area contributed by atoms with E-state index in [-0.39, 0.29) is 29.8 Å². The van der Waals surface area contributed by atoms with Crippen molar-refractivity contribution in [2.24, 2.45) is 5.73 Å². The highest BCUT2D eigenvalue weighted by Gasteiger charge is 2.22. The van der Waals surface area contributed by atoms with E-state index < -0.39 is 0 Å². The molecule has 0 spiro atoms. The normalized spacial score (nSPS) is 17.4. The minimum Gasteiger partial charge on any atom is -0.497 e. The van der Waals surface area contributed by atoms with Gasteiger partial charge in [-0.15, -0.1) is 0 Å². The zero-order chi connectivity index (χ0) is 17.8. The van der Waals surface area contributed by atoms with Crippen LogP contribution in [0.15, 0.2) is 30.6 Å². The standard InChI is InChI=1S/C18H23N5O2/c1-25-14-4-5-15(23-8-2-3-13(19)11-23)12(9-14)10-16(24)17-18(20)22-7-6-21-17/h4-7,9,13H,2-3,8,10-11,19H2,1H3,(H2,20,22). The number of nitrogens with zero attached hydrogens (tertiary/aromatic N) is 3. The third-order valence-electron chi connectivity index (χ3n) is 4.43. The maximum Gasteiger partial charge on any atom is 0.189 e. The van der Waals surface area contributed by atoms with Gasteiger partial charge < -0.3 is 21.1 Å². The number of ether oxygens (including phenoxy) is 1. The first-order valence-electron chi connectivity index (χ1n) is 8.35. The molecule has 3 rings (SSSR count). The molecule has 25 heavy (non-hydrogen) atoms. The van der Waals surface area contributed by atoms with Crippen LogP contribution in [0.4, 0.5) is 11.5 Å². The van der Waals surface area contributed by atoms with Crippen LogP contribution in [0, 0.1) is 0 Å². The molecule has 7 nitrogen and oxygen atoms in total. The van der Waals surface area contributed by atoms with Crippen molar-refractivity contribution >= 4 is 17.3 Å². The molecule has 1 fully saturated rings. The highest BCUT2D eigenvalue weighted by molar-refractivity contribution is 6.00. The minimum absolute atomic E-state index is 0.148. The lowest BCUT2D eigenvalue weighted by molar-refractivity contribution is 0.0989. The fraction of sp³-hybridized carbons (Fsp3) is 0.389. The summed E-state index contributed by atoms with van der Waals surface area (Å²) in [5, 5.41) is 0. The van der Waals surface area contributed by atoms with Crippen molar-refractivity contribution in [2.75, 3.05) is 30.8 Å². The average Bonchev–Trinajstić information content (AvgIpc) is 2.62. The van der Waals surface area contributed by atoms with Crippen LogP contribution >= 0.6 is 0 Å². The largest absolute Gasteiger partial charge is 0.497 e. The number of aromatic nitrogens is 2. The van der Waals surface area contributed by atoms with Gasteiger partial charge >= 0.3 is 0 Å². The summed E-state index contributed by atoms with van der Waals surface area (Å²) in [5.41, 5.74) is 14.0. The topological polar surface area (TPSA) is 107 Å². The Morgan fingerprint density at radius 3 is 2.88 bits per heavy atom. The van der Waals surface area contributed by atoms with Crippen molar-refractivity contribution in [2.45, 2.75) is 25.3 Å². The summed E-state index contributed by atoms with van der Waals surface area (Å²) in [6.07, 6.45) is 5.19. The number of nitrogen functional groups attached to an aromatic ring is 1. The van der Waals surface area contributed by atoms with Gasteiger partial charge in [0.05, 0.1) is 7.11 Å². The number of hydrogen-bond donors (Lipinski definition) is 2. The van der Waals surface area contributed by atoms with Crippen molar-refractivity contribution in [3.8, 4) is 5.75 Å². The highest BCUT2D eigenvalue weighted by Crippen LogP contribution is 2.29. The van der Waals surface area contributed by atoms with Crippen molar-refractivity contribution in [1.29, 1.82) is 0 Å². The number of piperidine rings is 1. The molecule has 1 unspecified atom stereocenters. The predicted molar refractivity (Wildman–Crippen MR) is 96.9 cm³/mol. The van der Waals surface area contributed by atoms with Gasteiger partial charge in [-0.05, 0) is 36.6 Å². The second-order valence-electron chi connectivity index (χ2n) is 6.23. The molecule has 1 aromatic carbocycles. The molecule has 0 radical (unpaired) electrons. The van der Waals surface area contributed by atoms with Crippen LogP contribution in [0.5, 0.6) is 5.75 Å². The van der Waals surface area contributed by atoms with Gasteiger partial charge in [0, 0.05) is 43.6 Å². The molecule has 7 heteroatoms. The summed E-state index contributed by atoms with van der Waals surface area (Å²) in [6, 6.07) is 5.93. The van der Waals surface area contributed by atoms with E-state index in [0.29, 0.717) is 5.75 Å². The summed E-state index contributed by atoms with van der Waals surface area (Å²) in [5.74, 6) is 0.693. The summed E-state index contributed by atoms with van der Waals surface area (Å²) in [6.45, 7) is 1.70. The van der Waals surface area contributed by atoms with Crippen LogP contribution < -0.4 is 21.1 Å². The molecule has 0 saturated carbocycles. The Balaban J connectivity index is 1.90. The molecule has 0 aliphatic carbocycles. The second kappa shape index (κ2) is 7.48. The average molecular weight is 341 g/mol. The third kappa shape index (κ3) is 3.88. The quantitative estimate of drug-likeness (QED) is 0.792. The Morgan fingerprint density at radius 1 is 1.36 bits per heavy atom. The Bertz CT molecular complexity index is 765. The SMILES string of the molecule is COc1ccc(N2CCCC(N)C2)c(CC(=O)c2nccnc2N)c1. The Kier molecular flexibility index (Phi) is 5.14. The zero-order valence-electron chi connectivity index (χ0n) is 14.3. The summed E-state index contributed by atoms with van der Waals surface area (Å²) in [7, 11) is 1.61. The van der Waals surface area contributed by atoms with E-state index in [0.717, 1.165) is 37.2 Å². The summed E-state index contributed by atoms with van der Waals surface area (Å²) >= 11 is 0. The second-order valence-corrected chi connectivity index (χ2v) is 6.23. The molecular formula is C18H23N5O2. The lowest BCUT2D eigenvalue weighted by Crippen LogP contribution is -2.43. The van der Waals surface area contributed by atoms with Gasteiger partial charge in [-0.1, -0.05) is 0 Å². The first-order chi connectivity index (χ1) is 12.1. The van der Waals surface area contributed by atoms with Crippen LogP contribution in [0.1, 0.15) is 28.9 Å². The molecule has 1 atom stereocenters. The van der Waals surface area contributed by atoms with E-state index in [1.165, 1.54) is 12.4 Å². The highest BCUT2D eigenvalue weighted by atomic mass is 16.5. The maximum atomic E-state index is 12.7. The first kappa shape index (κ1) is 17.2. The molecule has 2 heterocycles. The Morgan fingerprint density at radius 2 is 2.16 bits per heavy atom. The maximum absolute atomic E-state index is 12.7. The lowest BCUT2D eigenvalue weighted by Gasteiger charge is -2.34. The van der Waals surface area contributed by atoms with Crippen LogP contribution in [-0.4, -0.2) is 42.0 Å². The number of hydrogen-bond acceptors (Lipinski definition) is 7. The predicted octanol–water partition coefficient (Wildman–Crippen LogP) is 1.42. The number of carbonyl (C=O) groups excluding carboxylic acids is 1. The van der Waals surface area contributed by atoms with E-state index in [9.17, 15) is 4.79 Å². The van der Waals surface area contributed by atoms with E-state index in [1.54, 1.807) is 7.11 Å². The molecule has 4 N–H and O–H groups in total. The smallest absolute Gasteiger partial charge is 0.189 e. The lowest BCUT2D eigenvalue weighted by atomic mass is 10.0. The van der Waals surface area contributed by atoms with Crippen molar-refractivity contribution in [3.63, 3.8) is 0 Å². The summed E-state index contributed by atoms with van der Waals surface area (Å²) < 4.78 is 5.32. The van der Waals surface area contributed by atoms with Gasteiger partial charge in [0.15, 0.2) is 11.6 Å². The van der Waals surface area contributed by atoms with Gasteiger partial charge in [-0.2, -0.15) is 0 Å². The monoisotopic (exact) mass is 341 g/mol. The van der Waals surface area contributed by atoms with E-state index in [4.69, 9.17) is 16.2 Å². The molecule has 2 aromatic rings. The van der Waals surface area contributed by atoms with Crippen molar-refractivity contribution in [1.82, 2.24) is 9.97 Å². The number of methoxy groups -OCH3 is 1. The Hall–Kier alpha value is -2.67. The van der Waals surface area contributed by atoms with Gasteiger partial charge in [0.2, 0.25) is 0 Å². The fourth-order valence-electron chi connectivity index (χ4n) is 3.19. The Labute approximate surface area is 147 Å². The van der Waals surface area contributed by atoms with Gasteiger partial charge in [-0.3, -0.25) is 4.79 Å². The number of anilines is 2. The molecule has 1 aliphatic rings. The molecule has 1 aliphatic heterocycles. The summed E-state index contributed by atoms with van der Waals surface area (Å²) in [4.78, 5) is 22.9. The number of rotatable bonds is 5. The molecule has 0 bridgehead atoms. The molecule has 1 aromatic heterocycles. The molecule has 1 saturated heterocycles. The first-order valence-corrected chi connectivity index (χ1v) is 8.35.